The molecule has 0 saturated heterocycles. The fourth-order valence-electron chi connectivity index (χ4n) is 2.09. The van der Waals surface area contributed by atoms with Gasteiger partial charge in [0.15, 0.2) is 0 Å². The van der Waals surface area contributed by atoms with E-state index in [1.807, 2.05) is 0 Å². The van der Waals surface area contributed by atoms with Crippen LogP contribution < -0.4 is 5.43 Å². The summed E-state index contributed by atoms with van der Waals surface area (Å²) < 4.78 is 19.2. The third-order valence-corrected chi connectivity index (χ3v) is 3.57. The van der Waals surface area contributed by atoms with Crippen LogP contribution >= 0.6 is 11.6 Å². The number of nitrogens with one attached hydrogen (secondary N) is 1. The first kappa shape index (κ1) is 16.0. The molecule has 0 saturated carbocycles. The van der Waals surface area contributed by atoms with Crippen LogP contribution in [0.3, 0.4) is 0 Å². The Hall–Kier alpha value is -2.92. The maximum Gasteiger partial charge on any atom is 0.272 e. The maximum absolute atomic E-state index is 13.7. The molecule has 3 rings (SSSR count). The predicted octanol–water partition coefficient (Wildman–Crippen LogP) is 4.50. The van der Waals surface area contributed by atoms with Gasteiger partial charge in [0.1, 0.15) is 17.3 Å². The van der Waals surface area contributed by atoms with Crippen molar-refractivity contribution in [3.63, 3.8) is 0 Å². The van der Waals surface area contributed by atoms with Crippen LogP contribution in [0.1, 0.15) is 16.1 Å². The molecule has 1 aromatic heterocycles. The number of hydrogen-bond donors (Lipinski definition) is 1. The SMILES string of the molecule is O=C(N/N=C\c1ccc(-c2ccccc2F)o1)c1ccccc1Cl. The summed E-state index contributed by atoms with van der Waals surface area (Å²) in [5.41, 5.74) is 3.04. The van der Waals surface area contributed by atoms with Gasteiger partial charge in [-0.2, -0.15) is 5.10 Å². The van der Waals surface area contributed by atoms with E-state index in [0.717, 1.165) is 0 Å². The normalized spacial score (nSPS) is 10.9. The van der Waals surface area contributed by atoms with Gasteiger partial charge in [0.25, 0.3) is 5.91 Å². The van der Waals surface area contributed by atoms with Crippen molar-refractivity contribution in [2.45, 2.75) is 0 Å². The Balaban J connectivity index is 1.69. The highest BCUT2D eigenvalue weighted by Gasteiger charge is 2.09. The van der Waals surface area contributed by atoms with Crippen molar-refractivity contribution in [3.8, 4) is 11.3 Å². The van der Waals surface area contributed by atoms with Gasteiger partial charge in [-0.1, -0.05) is 35.9 Å². The second-order valence-electron chi connectivity index (χ2n) is 4.86. The van der Waals surface area contributed by atoms with Crippen LogP contribution in [0.15, 0.2) is 70.2 Å². The fourth-order valence-corrected chi connectivity index (χ4v) is 2.31. The molecule has 24 heavy (non-hydrogen) atoms. The van der Waals surface area contributed by atoms with E-state index in [4.69, 9.17) is 16.0 Å². The molecule has 0 radical (unpaired) electrons. The molecule has 3 aromatic rings. The van der Waals surface area contributed by atoms with Crippen molar-refractivity contribution in [1.82, 2.24) is 5.43 Å². The van der Waals surface area contributed by atoms with Crippen molar-refractivity contribution >= 4 is 23.7 Å². The number of nitrogens with zero attached hydrogens (tertiary/aromatic N) is 1. The molecule has 2 aromatic carbocycles. The lowest BCUT2D eigenvalue weighted by Gasteiger charge is -2.01. The zero-order valence-corrected chi connectivity index (χ0v) is 13.1. The summed E-state index contributed by atoms with van der Waals surface area (Å²) in [4.78, 5) is 11.9. The number of hydrazone groups is 1. The van der Waals surface area contributed by atoms with Gasteiger partial charge in [-0.25, -0.2) is 9.82 Å². The lowest BCUT2D eigenvalue weighted by Crippen LogP contribution is -2.17. The van der Waals surface area contributed by atoms with Crippen molar-refractivity contribution in [2.24, 2.45) is 5.10 Å². The van der Waals surface area contributed by atoms with E-state index in [-0.39, 0.29) is 5.82 Å². The van der Waals surface area contributed by atoms with Crippen LogP contribution in [0.2, 0.25) is 5.02 Å². The summed E-state index contributed by atoms with van der Waals surface area (Å²) in [5, 5.41) is 4.16. The minimum Gasteiger partial charge on any atom is -0.455 e. The van der Waals surface area contributed by atoms with E-state index in [1.54, 1.807) is 54.6 Å². The van der Waals surface area contributed by atoms with Gasteiger partial charge in [-0.05, 0) is 36.4 Å². The standard InChI is InChI=1S/C18H12ClFN2O2/c19-15-7-3-1-5-13(15)18(23)22-21-11-12-9-10-17(24-12)14-6-2-4-8-16(14)20/h1-11H,(H,22,23)/b21-11-. The predicted molar refractivity (Wildman–Crippen MR) is 90.6 cm³/mol. The summed E-state index contributed by atoms with van der Waals surface area (Å²) in [6.45, 7) is 0. The summed E-state index contributed by atoms with van der Waals surface area (Å²) in [5.74, 6) is -0.0419. The van der Waals surface area contributed by atoms with Crippen LogP contribution in [0, 0.1) is 5.82 Å². The van der Waals surface area contributed by atoms with E-state index < -0.39 is 5.91 Å². The molecular weight excluding hydrogens is 331 g/mol. The van der Waals surface area contributed by atoms with Crippen LogP contribution in [-0.4, -0.2) is 12.1 Å². The Labute approximate surface area is 142 Å². The quantitative estimate of drug-likeness (QED) is 0.560. The molecule has 0 aliphatic heterocycles. The maximum atomic E-state index is 13.7. The van der Waals surface area contributed by atoms with Gasteiger partial charge < -0.3 is 4.42 Å². The number of rotatable bonds is 4. The molecule has 1 amide bonds. The van der Waals surface area contributed by atoms with Gasteiger partial charge >= 0.3 is 0 Å². The molecule has 0 fully saturated rings. The first-order valence-corrected chi connectivity index (χ1v) is 7.45. The van der Waals surface area contributed by atoms with Gasteiger partial charge in [0, 0.05) is 0 Å². The highest BCUT2D eigenvalue weighted by atomic mass is 35.5. The van der Waals surface area contributed by atoms with Crippen LogP contribution in [0.5, 0.6) is 0 Å². The number of amides is 1. The summed E-state index contributed by atoms with van der Waals surface area (Å²) >= 11 is 5.93. The number of furan rings is 1. The number of hydrogen-bond acceptors (Lipinski definition) is 3. The molecular formula is C18H12ClFN2O2. The molecule has 0 aliphatic rings. The van der Waals surface area contributed by atoms with Gasteiger partial charge in [-0.3, -0.25) is 4.79 Å². The number of halogens is 2. The number of carbonyl (C=O) groups is 1. The van der Waals surface area contributed by atoms with Gasteiger partial charge in [0.2, 0.25) is 0 Å². The Morgan fingerprint density at radius 2 is 1.83 bits per heavy atom. The Kier molecular flexibility index (Phi) is 4.72. The monoisotopic (exact) mass is 342 g/mol. The fraction of sp³-hybridized carbons (Fsp3) is 0. The molecule has 120 valence electrons. The Bertz CT molecular complexity index is 905. The minimum atomic E-state index is -0.433. The Morgan fingerprint density at radius 3 is 2.62 bits per heavy atom. The zero-order chi connectivity index (χ0) is 16.9. The summed E-state index contributed by atoms with van der Waals surface area (Å²) in [7, 11) is 0. The molecule has 0 bridgehead atoms. The minimum absolute atomic E-state index is 0.322. The molecule has 0 unspecified atom stereocenters. The van der Waals surface area contributed by atoms with Crippen LogP contribution in [-0.2, 0) is 0 Å². The Morgan fingerprint density at radius 1 is 1.08 bits per heavy atom. The molecule has 0 spiro atoms. The second kappa shape index (κ2) is 7.10. The summed E-state index contributed by atoms with van der Waals surface area (Å²) in [6, 6.07) is 16.2. The number of benzene rings is 2. The average molecular weight is 343 g/mol. The van der Waals surface area contributed by atoms with Crippen LogP contribution in [0.4, 0.5) is 4.39 Å². The van der Waals surface area contributed by atoms with E-state index >= 15 is 0 Å². The van der Waals surface area contributed by atoms with Gasteiger partial charge in [0.05, 0.1) is 22.4 Å². The van der Waals surface area contributed by atoms with Crippen LogP contribution in [0.25, 0.3) is 11.3 Å². The highest BCUT2D eigenvalue weighted by Crippen LogP contribution is 2.24. The number of carbonyl (C=O) groups excluding carboxylic acids is 1. The molecule has 1 heterocycles. The molecule has 1 N–H and O–H groups in total. The van der Waals surface area contributed by atoms with Crippen molar-refractivity contribution in [3.05, 3.63) is 82.8 Å². The molecule has 4 nitrogen and oxygen atoms in total. The third kappa shape index (κ3) is 3.52. The molecule has 0 aliphatic carbocycles. The van der Waals surface area contributed by atoms with E-state index in [2.05, 4.69) is 10.5 Å². The van der Waals surface area contributed by atoms with Gasteiger partial charge in [-0.15, -0.1) is 0 Å². The first-order chi connectivity index (χ1) is 11.6. The summed E-state index contributed by atoms with van der Waals surface area (Å²) in [6.07, 6.45) is 1.33. The average Bonchev–Trinajstić information content (AvgIpc) is 3.04. The van der Waals surface area contributed by atoms with Crippen molar-refractivity contribution < 1.29 is 13.6 Å². The highest BCUT2D eigenvalue weighted by molar-refractivity contribution is 6.33. The molecule has 6 heteroatoms. The molecule has 0 atom stereocenters. The smallest absolute Gasteiger partial charge is 0.272 e. The lowest BCUT2D eigenvalue weighted by atomic mass is 10.1. The zero-order valence-electron chi connectivity index (χ0n) is 12.4. The van der Waals surface area contributed by atoms with E-state index in [1.165, 1.54) is 12.3 Å². The van der Waals surface area contributed by atoms with Crippen molar-refractivity contribution in [1.29, 1.82) is 0 Å². The third-order valence-electron chi connectivity index (χ3n) is 3.24. The first-order valence-electron chi connectivity index (χ1n) is 7.08. The largest absolute Gasteiger partial charge is 0.455 e. The van der Waals surface area contributed by atoms with E-state index in [0.29, 0.717) is 27.7 Å². The topological polar surface area (TPSA) is 54.6 Å². The van der Waals surface area contributed by atoms with E-state index in [9.17, 15) is 9.18 Å². The van der Waals surface area contributed by atoms with Crippen molar-refractivity contribution in [2.75, 3.05) is 0 Å². The lowest BCUT2D eigenvalue weighted by molar-refractivity contribution is 0.0955. The second-order valence-corrected chi connectivity index (χ2v) is 5.27.